The maximum absolute atomic E-state index is 16.0. The van der Waals surface area contributed by atoms with E-state index in [1.54, 1.807) is 24.2 Å². The van der Waals surface area contributed by atoms with Crippen molar-refractivity contribution in [3.63, 3.8) is 0 Å². The Hall–Kier alpha value is -4.26. The maximum Gasteiger partial charge on any atom is 0.412 e. The summed E-state index contributed by atoms with van der Waals surface area (Å²) in [6.45, 7) is 0.310. The van der Waals surface area contributed by atoms with E-state index >= 15 is 4.39 Å². The number of alkyl halides is 1. The number of nitrogens with two attached hydrogens (primary N) is 1. The molecule has 3 aromatic rings. The van der Waals surface area contributed by atoms with Crippen molar-refractivity contribution in [2.75, 3.05) is 32.6 Å². The first kappa shape index (κ1) is 26.8. The minimum absolute atomic E-state index is 0.0597. The number of aromatic hydroxyl groups is 1. The molecule has 11 nitrogen and oxygen atoms in total. The largest absolute Gasteiger partial charge is 0.507 e. The predicted molar refractivity (Wildman–Crippen MR) is 134 cm³/mol. The van der Waals surface area contributed by atoms with Crippen LogP contribution < -0.4 is 11.1 Å². The van der Waals surface area contributed by atoms with Crippen LogP contribution in [0.4, 0.5) is 19.4 Å². The van der Waals surface area contributed by atoms with Crippen molar-refractivity contribution in [1.29, 1.82) is 0 Å². The number of phenols is 1. The minimum Gasteiger partial charge on any atom is -0.507 e. The zero-order valence-corrected chi connectivity index (χ0v) is 20.9. The van der Waals surface area contributed by atoms with Gasteiger partial charge in [-0.05, 0) is 24.6 Å². The lowest BCUT2D eigenvalue weighted by Crippen LogP contribution is -2.55. The number of nitrogens with one attached hydrogen (secondary N) is 1. The van der Waals surface area contributed by atoms with E-state index < -0.39 is 29.5 Å². The number of hydrogen-bond donors (Lipinski definition) is 3. The molecule has 202 valence electrons. The molecule has 1 aliphatic rings. The van der Waals surface area contributed by atoms with Gasteiger partial charge in [0, 0.05) is 62.2 Å². The predicted octanol–water partition coefficient (Wildman–Crippen LogP) is 3.30. The van der Waals surface area contributed by atoms with Gasteiger partial charge in [0.2, 0.25) is 0 Å². The van der Waals surface area contributed by atoms with Crippen LogP contribution in [-0.4, -0.2) is 71.4 Å². The number of methoxy groups -OCH3 is 1. The zero-order valence-electron chi connectivity index (χ0n) is 20.9. The molecule has 0 spiro atoms. The van der Waals surface area contributed by atoms with Gasteiger partial charge < -0.3 is 25.0 Å². The third-order valence-corrected chi connectivity index (χ3v) is 6.72. The second kappa shape index (κ2) is 11.0. The van der Waals surface area contributed by atoms with Crippen molar-refractivity contribution in [1.82, 2.24) is 14.7 Å². The van der Waals surface area contributed by atoms with Crippen LogP contribution in [-0.2, 0) is 16.8 Å². The average Bonchev–Trinajstić information content (AvgIpc) is 3.56. The van der Waals surface area contributed by atoms with Gasteiger partial charge in [-0.15, -0.1) is 0 Å². The summed E-state index contributed by atoms with van der Waals surface area (Å²) in [5.41, 5.74) is 5.14. The first-order valence-electron chi connectivity index (χ1n) is 11.7. The Morgan fingerprint density at radius 3 is 2.87 bits per heavy atom. The van der Waals surface area contributed by atoms with Gasteiger partial charge in [-0.25, -0.2) is 13.6 Å². The van der Waals surface area contributed by atoms with Crippen LogP contribution in [0.3, 0.4) is 0 Å². The monoisotopic (exact) mass is 530 g/mol. The topological polar surface area (TPSA) is 148 Å². The van der Waals surface area contributed by atoms with Crippen LogP contribution in [0.2, 0.25) is 0 Å². The highest BCUT2D eigenvalue weighted by molar-refractivity contribution is 6.00. The van der Waals surface area contributed by atoms with Crippen molar-refractivity contribution in [3.05, 3.63) is 53.9 Å². The third-order valence-electron chi connectivity index (χ3n) is 6.72. The van der Waals surface area contributed by atoms with Crippen molar-refractivity contribution in [2.24, 2.45) is 10.7 Å². The molecule has 2 atom stereocenters. The molecule has 1 fully saturated rings. The van der Waals surface area contributed by atoms with Crippen molar-refractivity contribution in [3.8, 4) is 16.9 Å². The molecule has 1 saturated heterocycles. The third kappa shape index (κ3) is 5.23. The van der Waals surface area contributed by atoms with Crippen LogP contribution in [0.5, 0.6) is 5.75 Å². The molecule has 4 N–H and O–H groups in total. The number of anilines is 1. The molecular weight excluding hydrogens is 502 g/mol. The SMILES string of the molecule is C/N=C\CC1(n2cc(C(N)=O)c(NC(=O)OC)n2)CCN(Cc2cc(O)c(-c3ccoc3)cc2F)CC1F. The molecule has 3 heterocycles. The number of piperidine rings is 1. The fourth-order valence-electron chi connectivity index (χ4n) is 4.61. The molecule has 1 aromatic carbocycles. The lowest BCUT2D eigenvalue weighted by molar-refractivity contribution is 0.00888. The molecule has 2 unspecified atom stereocenters. The number of likely N-dealkylation sites (tertiary alicyclic amines) is 1. The summed E-state index contributed by atoms with van der Waals surface area (Å²) in [5, 5.41) is 17.0. The van der Waals surface area contributed by atoms with Crippen LogP contribution in [0.25, 0.3) is 11.1 Å². The Morgan fingerprint density at radius 2 is 2.24 bits per heavy atom. The van der Waals surface area contributed by atoms with E-state index in [9.17, 15) is 19.1 Å². The number of rotatable bonds is 8. The highest BCUT2D eigenvalue weighted by atomic mass is 19.1. The number of amides is 2. The highest BCUT2D eigenvalue weighted by Crippen LogP contribution is 2.38. The number of carbonyl (C=O) groups excluding carboxylic acids is 2. The maximum atomic E-state index is 16.0. The summed E-state index contributed by atoms with van der Waals surface area (Å²) < 4.78 is 41.8. The number of aliphatic imine (C=N–C) groups is 1. The summed E-state index contributed by atoms with van der Waals surface area (Å²) in [4.78, 5) is 29.4. The van der Waals surface area contributed by atoms with Gasteiger partial charge in [-0.3, -0.25) is 19.7 Å². The second-order valence-electron chi connectivity index (χ2n) is 8.99. The summed E-state index contributed by atoms with van der Waals surface area (Å²) >= 11 is 0. The Morgan fingerprint density at radius 1 is 1.45 bits per heavy atom. The molecule has 0 aliphatic carbocycles. The van der Waals surface area contributed by atoms with E-state index in [-0.39, 0.29) is 48.6 Å². The lowest BCUT2D eigenvalue weighted by atomic mass is 9.83. The number of benzene rings is 1. The number of hydrogen-bond acceptors (Lipinski definition) is 8. The molecular formula is C25H28F2N6O5. The molecule has 2 amide bonds. The number of primary amides is 1. The van der Waals surface area contributed by atoms with E-state index in [1.165, 1.54) is 35.5 Å². The zero-order chi connectivity index (χ0) is 27.4. The van der Waals surface area contributed by atoms with E-state index in [4.69, 9.17) is 10.2 Å². The fraction of sp³-hybridized carbons (Fsp3) is 0.360. The number of carbonyl (C=O) groups is 2. The molecule has 38 heavy (non-hydrogen) atoms. The van der Waals surface area contributed by atoms with Gasteiger partial charge >= 0.3 is 6.09 Å². The Kier molecular flexibility index (Phi) is 7.76. The van der Waals surface area contributed by atoms with Crippen molar-refractivity contribution in [2.45, 2.75) is 31.1 Å². The Balaban J connectivity index is 1.59. The van der Waals surface area contributed by atoms with Crippen LogP contribution in [0, 0.1) is 5.82 Å². The molecule has 2 aromatic heterocycles. The summed E-state index contributed by atoms with van der Waals surface area (Å²) in [5.74, 6) is -1.67. The quantitative estimate of drug-likeness (QED) is 0.379. The fourth-order valence-corrected chi connectivity index (χ4v) is 4.61. The average molecular weight is 531 g/mol. The highest BCUT2D eigenvalue weighted by Gasteiger charge is 2.46. The van der Waals surface area contributed by atoms with Gasteiger partial charge in [0.05, 0.1) is 19.6 Å². The van der Waals surface area contributed by atoms with Crippen molar-refractivity contribution >= 4 is 24.0 Å². The molecule has 4 rings (SSSR count). The number of phenolic OH excluding ortho intramolecular Hbond substituents is 1. The number of ether oxygens (including phenoxy) is 1. The van der Waals surface area contributed by atoms with E-state index in [0.29, 0.717) is 17.7 Å². The lowest BCUT2D eigenvalue weighted by Gasteiger charge is -2.44. The van der Waals surface area contributed by atoms with Crippen LogP contribution in [0.15, 0.2) is 46.3 Å². The summed E-state index contributed by atoms with van der Waals surface area (Å²) in [6.07, 6.45) is 3.64. The minimum atomic E-state index is -1.53. The summed E-state index contributed by atoms with van der Waals surface area (Å²) in [7, 11) is 2.71. The van der Waals surface area contributed by atoms with Gasteiger partial charge in [0.25, 0.3) is 5.91 Å². The number of nitrogens with zero attached hydrogens (tertiary/aromatic N) is 4. The first-order valence-corrected chi connectivity index (χ1v) is 11.7. The number of furan rings is 1. The van der Waals surface area contributed by atoms with Crippen molar-refractivity contribution < 1.29 is 32.6 Å². The molecule has 13 heteroatoms. The first-order chi connectivity index (χ1) is 18.2. The molecule has 0 bridgehead atoms. The molecule has 1 aliphatic heterocycles. The smallest absolute Gasteiger partial charge is 0.412 e. The van der Waals surface area contributed by atoms with E-state index in [0.717, 1.165) is 7.11 Å². The molecule has 0 saturated carbocycles. The van der Waals surface area contributed by atoms with E-state index in [2.05, 4.69) is 20.1 Å². The standard InChI is InChI=1S/C25H28F2N6O5/c1-29-6-4-25(33-12-18(22(28)35)23(31-33)30-24(36)37-2)5-7-32(13-21(25)27)11-16-9-20(34)17(10-19(16)26)15-3-8-38-14-15/h3,6,8-10,12,14,21,34H,4-5,7,11,13H2,1-2H3,(H2,28,35)(H,30,31,36)/b29-6-. The number of aromatic nitrogens is 2. The van der Waals surface area contributed by atoms with Gasteiger partial charge in [-0.1, -0.05) is 0 Å². The second-order valence-corrected chi connectivity index (χ2v) is 8.99. The summed E-state index contributed by atoms with van der Waals surface area (Å²) in [6, 6.07) is 4.16. The van der Waals surface area contributed by atoms with Gasteiger partial charge in [0.15, 0.2) is 5.82 Å². The Bertz CT molecular complexity index is 1340. The Labute approximate surface area is 216 Å². The van der Waals surface area contributed by atoms with E-state index in [1.807, 2.05) is 0 Å². The number of halogens is 2. The van der Waals surface area contributed by atoms with Gasteiger partial charge in [0.1, 0.15) is 28.8 Å². The normalized spacial score (nSPS) is 20.1. The van der Waals surface area contributed by atoms with Crippen LogP contribution in [0.1, 0.15) is 28.8 Å². The molecule has 0 radical (unpaired) electrons. The van der Waals surface area contributed by atoms with Crippen LogP contribution >= 0.6 is 0 Å². The van der Waals surface area contributed by atoms with Gasteiger partial charge in [-0.2, -0.15) is 5.10 Å².